The number of carbonyl (C=O) groups is 1. The van der Waals surface area contributed by atoms with E-state index >= 15 is 0 Å². The van der Waals surface area contributed by atoms with Crippen molar-refractivity contribution in [3.8, 4) is 0 Å². The lowest BCUT2D eigenvalue weighted by atomic mass is 10.2. The van der Waals surface area contributed by atoms with Crippen molar-refractivity contribution >= 4 is 23.4 Å². The second kappa shape index (κ2) is 6.33. The lowest BCUT2D eigenvalue weighted by Crippen LogP contribution is -2.13. The predicted octanol–water partition coefficient (Wildman–Crippen LogP) is 3.59. The first-order valence-electron chi connectivity index (χ1n) is 5.85. The summed E-state index contributed by atoms with van der Waals surface area (Å²) >= 11 is 1.64. The molecule has 1 aromatic heterocycles. The number of rotatable bonds is 4. The molecular weight excluding hydrogens is 263 g/mol. The van der Waals surface area contributed by atoms with Crippen LogP contribution in [-0.4, -0.2) is 16.6 Å². The average Bonchev–Trinajstić information content (AvgIpc) is 2.41. The van der Waals surface area contributed by atoms with Gasteiger partial charge in [-0.25, -0.2) is 4.98 Å². The fourth-order valence-corrected chi connectivity index (χ4v) is 2.35. The van der Waals surface area contributed by atoms with E-state index in [4.69, 9.17) is 0 Å². The van der Waals surface area contributed by atoms with Crippen LogP contribution in [0.2, 0.25) is 0 Å². The molecule has 98 valence electrons. The number of para-hydroxylation sites is 1. The topological polar surface area (TPSA) is 42.0 Å². The zero-order valence-corrected chi connectivity index (χ0v) is 11.2. The Morgan fingerprint density at radius 2 is 2.16 bits per heavy atom. The molecule has 0 atom stereocenters. The van der Waals surface area contributed by atoms with Crippen molar-refractivity contribution in [2.45, 2.75) is 11.8 Å². The Hall–Kier alpha value is -1.88. The molecule has 1 heterocycles. The maximum Gasteiger partial charge on any atom is 0.255 e. The molecule has 0 saturated heterocycles. The molecule has 0 radical (unpaired) electrons. The summed E-state index contributed by atoms with van der Waals surface area (Å²) in [7, 11) is 0. The van der Waals surface area contributed by atoms with Crippen LogP contribution in [0.4, 0.5) is 10.1 Å². The lowest BCUT2D eigenvalue weighted by Gasteiger charge is -2.09. The number of anilines is 1. The SMILES string of the molecule is CCSc1ccccc1NC(=O)c1ccnc(F)c1. The molecule has 3 nitrogen and oxygen atoms in total. The molecular formula is C14H13FN2OS. The highest BCUT2D eigenvalue weighted by atomic mass is 32.2. The largest absolute Gasteiger partial charge is 0.321 e. The fraction of sp³-hybridized carbons (Fsp3) is 0.143. The third-order valence-electron chi connectivity index (χ3n) is 2.42. The van der Waals surface area contributed by atoms with Crippen LogP contribution >= 0.6 is 11.8 Å². The number of hydrogen-bond donors (Lipinski definition) is 1. The van der Waals surface area contributed by atoms with Gasteiger partial charge < -0.3 is 5.32 Å². The molecule has 0 aliphatic heterocycles. The van der Waals surface area contributed by atoms with E-state index in [1.165, 1.54) is 12.3 Å². The van der Waals surface area contributed by atoms with Crippen molar-refractivity contribution in [2.24, 2.45) is 0 Å². The van der Waals surface area contributed by atoms with Gasteiger partial charge in [-0.15, -0.1) is 11.8 Å². The van der Waals surface area contributed by atoms with E-state index in [1.54, 1.807) is 11.8 Å². The van der Waals surface area contributed by atoms with Crippen molar-refractivity contribution in [1.29, 1.82) is 0 Å². The monoisotopic (exact) mass is 276 g/mol. The molecule has 1 N–H and O–H groups in total. The van der Waals surface area contributed by atoms with Crippen molar-refractivity contribution in [3.63, 3.8) is 0 Å². The zero-order valence-electron chi connectivity index (χ0n) is 10.4. The number of pyridine rings is 1. The maximum atomic E-state index is 13.0. The van der Waals surface area contributed by atoms with Gasteiger partial charge in [0.05, 0.1) is 5.69 Å². The Balaban J connectivity index is 2.19. The molecule has 0 bridgehead atoms. The van der Waals surface area contributed by atoms with E-state index in [1.807, 2.05) is 31.2 Å². The highest BCUT2D eigenvalue weighted by Crippen LogP contribution is 2.26. The number of thioether (sulfide) groups is 1. The summed E-state index contributed by atoms with van der Waals surface area (Å²) in [4.78, 5) is 16.4. The summed E-state index contributed by atoms with van der Waals surface area (Å²) in [6, 6.07) is 10.1. The number of hydrogen-bond acceptors (Lipinski definition) is 3. The van der Waals surface area contributed by atoms with Gasteiger partial charge in [-0.3, -0.25) is 4.79 Å². The normalized spacial score (nSPS) is 10.2. The molecule has 0 aliphatic carbocycles. The summed E-state index contributed by atoms with van der Waals surface area (Å²) < 4.78 is 13.0. The molecule has 0 unspecified atom stereocenters. The van der Waals surface area contributed by atoms with Crippen LogP contribution in [0.15, 0.2) is 47.5 Å². The summed E-state index contributed by atoms with van der Waals surface area (Å²) in [6.07, 6.45) is 1.27. The number of nitrogens with one attached hydrogen (secondary N) is 1. The Labute approximate surface area is 115 Å². The Kier molecular flexibility index (Phi) is 4.52. The highest BCUT2D eigenvalue weighted by Gasteiger charge is 2.09. The van der Waals surface area contributed by atoms with Crippen LogP contribution in [0.3, 0.4) is 0 Å². The van der Waals surface area contributed by atoms with E-state index in [2.05, 4.69) is 10.3 Å². The molecule has 2 rings (SSSR count). The van der Waals surface area contributed by atoms with Gasteiger partial charge in [0, 0.05) is 22.7 Å². The van der Waals surface area contributed by atoms with Gasteiger partial charge in [0.2, 0.25) is 5.95 Å². The first-order valence-corrected chi connectivity index (χ1v) is 6.84. The van der Waals surface area contributed by atoms with Crippen molar-refractivity contribution < 1.29 is 9.18 Å². The minimum absolute atomic E-state index is 0.254. The Bertz CT molecular complexity index is 589. The molecule has 0 fully saturated rings. The van der Waals surface area contributed by atoms with Crippen LogP contribution in [0.25, 0.3) is 0 Å². The van der Waals surface area contributed by atoms with Gasteiger partial charge in [0.15, 0.2) is 0 Å². The van der Waals surface area contributed by atoms with Gasteiger partial charge >= 0.3 is 0 Å². The molecule has 5 heteroatoms. The minimum atomic E-state index is -0.663. The maximum absolute atomic E-state index is 13.0. The van der Waals surface area contributed by atoms with E-state index < -0.39 is 5.95 Å². The number of nitrogens with zero attached hydrogens (tertiary/aromatic N) is 1. The van der Waals surface area contributed by atoms with Crippen LogP contribution in [0, 0.1) is 5.95 Å². The highest BCUT2D eigenvalue weighted by molar-refractivity contribution is 7.99. The molecule has 0 spiro atoms. The molecule has 2 aromatic rings. The zero-order chi connectivity index (χ0) is 13.7. The molecule has 1 amide bonds. The number of amides is 1. The lowest BCUT2D eigenvalue weighted by molar-refractivity contribution is 0.102. The van der Waals surface area contributed by atoms with E-state index in [-0.39, 0.29) is 11.5 Å². The first kappa shape index (κ1) is 13.5. The van der Waals surface area contributed by atoms with Crippen LogP contribution in [-0.2, 0) is 0 Å². The van der Waals surface area contributed by atoms with Crippen LogP contribution in [0.5, 0.6) is 0 Å². The van der Waals surface area contributed by atoms with E-state index in [0.29, 0.717) is 0 Å². The van der Waals surface area contributed by atoms with Gasteiger partial charge in [0.1, 0.15) is 0 Å². The smallest absolute Gasteiger partial charge is 0.255 e. The van der Waals surface area contributed by atoms with Crippen molar-refractivity contribution in [3.05, 3.63) is 54.1 Å². The van der Waals surface area contributed by atoms with Gasteiger partial charge in [-0.1, -0.05) is 19.1 Å². The molecule has 0 saturated carbocycles. The number of benzene rings is 1. The van der Waals surface area contributed by atoms with Crippen molar-refractivity contribution in [1.82, 2.24) is 4.98 Å². The van der Waals surface area contributed by atoms with E-state index in [0.717, 1.165) is 22.4 Å². The number of carbonyl (C=O) groups excluding carboxylic acids is 1. The van der Waals surface area contributed by atoms with Gasteiger partial charge in [-0.2, -0.15) is 4.39 Å². The predicted molar refractivity (Wildman–Crippen MR) is 75.0 cm³/mol. The average molecular weight is 276 g/mol. The molecule has 0 aliphatic rings. The number of halogens is 1. The van der Waals surface area contributed by atoms with E-state index in [9.17, 15) is 9.18 Å². The molecule has 19 heavy (non-hydrogen) atoms. The minimum Gasteiger partial charge on any atom is -0.321 e. The summed E-state index contributed by atoms with van der Waals surface area (Å²) in [5, 5.41) is 2.78. The van der Waals surface area contributed by atoms with Gasteiger partial charge in [-0.05, 0) is 24.0 Å². The Morgan fingerprint density at radius 3 is 2.89 bits per heavy atom. The first-order chi connectivity index (χ1) is 9.20. The number of aromatic nitrogens is 1. The standard InChI is InChI=1S/C14H13FN2OS/c1-2-19-12-6-4-3-5-11(12)17-14(18)10-7-8-16-13(15)9-10/h3-9H,2H2,1H3,(H,17,18). The summed E-state index contributed by atoms with van der Waals surface area (Å²) in [5.41, 5.74) is 0.986. The van der Waals surface area contributed by atoms with Gasteiger partial charge in [0.25, 0.3) is 5.91 Å². The quantitative estimate of drug-likeness (QED) is 0.685. The second-order valence-electron chi connectivity index (χ2n) is 3.75. The Morgan fingerprint density at radius 1 is 1.37 bits per heavy atom. The summed E-state index contributed by atoms with van der Waals surface area (Å²) in [5.74, 6) is -0.0918. The fourth-order valence-electron chi connectivity index (χ4n) is 1.59. The summed E-state index contributed by atoms with van der Waals surface area (Å²) in [6.45, 7) is 2.04. The third-order valence-corrected chi connectivity index (χ3v) is 3.38. The van der Waals surface area contributed by atoms with Crippen LogP contribution in [0.1, 0.15) is 17.3 Å². The molecule has 1 aromatic carbocycles. The van der Waals surface area contributed by atoms with Crippen molar-refractivity contribution in [2.75, 3.05) is 11.1 Å². The third kappa shape index (κ3) is 3.54. The van der Waals surface area contributed by atoms with Crippen LogP contribution < -0.4 is 5.32 Å². The second-order valence-corrected chi connectivity index (χ2v) is 5.06.